The maximum atomic E-state index is 11.1. The molecule has 1 saturated heterocycles. The van der Waals surface area contributed by atoms with Crippen molar-refractivity contribution in [1.29, 1.82) is 0 Å². The Morgan fingerprint density at radius 1 is 1.24 bits per heavy atom. The van der Waals surface area contributed by atoms with E-state index in [1.807, 2.05) is 0 Å². The minimum Gasteiger partial charge on any atom is -0.349 e. The minimum atomic E-state index is 0.0235. The van der Waals surface area contributed by atoms with Crippen LogP contribution in [0.4, 0.5) is 0 Å². The predicted octanol–water partition coefficient (Wildman–Crippen LogP) is 1.42. The number of unbranched alkanes of at least 4 members (excludes halogenated alkanes) is 2. The fraction of sp³-hybridized carbons (Fsp3) is 0.833. The van der Waals surface area contributed by atoms with Gasteiger partial charge in [-0.3, -0.25) is 9.69 Å². The van der Waals surface area contributed by atoms with E-state index >= 15 is 0 Å². The number of aliphatic imine (C=N–C) groups is 1. The molecule has 96 valence electrons. The average Bonchev–Trinajstić information content (AvgIpc) is 2.77. The topological polar surface area (TPSA) is 35.9 Å². The lowest BCUT2D eigenvalue weighted by Crippen LogP contribution is -2.47. The van der Waals surface area contributed by atoms with Crippen LogP contribution < -0.4 is 0 Å². The highest BCUT2D eigenvalue weighted by atomic mass is 32.2. The van der Waals surface area contributed by atoms with Crippen LogP contribution in [0.1, 0.15) is 26.2 Å². The molecule has 0 aromatic rings. The van der Waals surface area contributed by atoms with Gasteiger partial charge in [0.25, 0.3) is 5.91 Å². The lowest BCUT2D eigenvalue weighted by molar-refractivity contribution is -0.115. The van der Waals surface area contributed by atoms with Gasteiger partial charge in [-0.15, -0.1) is 0 Å². The normalized spacial score (nSPS) is 22.1. The van der Waals surface area contributed by atoms with Crippen molar-refractivity contribution in [3.63, 3.8) is 0 Å². The number of hydrogen-bond donors (Lipinski definition) is 0. The van der Waals surface area contributed by atoms with E-state index in [1.54, 1.807) is 11.8 Å². The van der Waals surface area contributed by atoms with Crippen LogP contribution in [0.2, 0.25) is 0 Å². The molecule has 1 amide bonds. The summed E-state index contributed by atoms with van der Waals surface area (Å²) in [4.78, 5) is 19.9. The van der Waals surface area contributed by atoms with E-state index in [9.17, 15) is 4.79 Å². The molecule has 1 fully saturated rings. The summed E-state index contributed by atoms with van der Waals surface area (Å²) in [5, 5.41) is 0.947. The number of amides is 1. The number of nitrogens with zero attached hydrogens (tertiary/aromatic N) is 3. The van der Waals surface area contributed by atoms with Crippen LogP contribution >= 0.6 is 11.8 Å². The Hall–Kier alpha value is -0.550. The number of rotatable bonds is 4. The van der Waals surface area contributed by atoms with Gasteiger partial charge in [0.05, 0.1) is 5.75 Å². The smallest absolute Gasteiger partial charge is 0.258 e. The third-order valence-corrected chi connectivity index (χ3v) is 4.26. The second-order valence-corrected chi connectivity index (χ2v) is 5.56. The molecule has 2 aliphatic heterocycles. The zero-order valence-corrected chi connectivity index (χ0v) is 11.3. The monoisotopic (exact) mass is 255 g/mol. The molecule has 17 heavy (non-hydrogen) atoms. The predicted molar refractivity (Wildman–Crippen MR) is 72.4 cm³/mol. The standard InChI is InChI=1S/C12H21N3OS/c1-2-3-4-5-14-6-8-15(9-7-14)12-13-11(16)10-17-12/h2-10H2,1H3. The molecule has 0 aliphatic carbocycles. The highest BCUT2D eigenvalue weighted by Gasteiger charge is 2.24. The van der Waals surface area contributed by atoms with Crippen molar-refractivity contribution in [2.24, 2.45) is 4.99 Å². The van der Waals surface area contributed by atoms with Crippen LogP contribution in [0.5, 0.6) is 0 Å². The highest BCUT2D eigenvalue weighted by molar-refractivity contribution is 8.14. The largest absolute Gasteiger partial charge is 0.349 e. The first-order valence-electron chi connectivity index (χ1n) is 6.51. The molecule has 0 aromatic carbocycles. The zero-order chi connectivity index (χ0) is 12.1. The summed E-state index contributed by atoms with van der Waals surface area (Å²) in [5.41, 5.74) is 0. The quantitative estimate of drug-likeness (QED) is 0.712. The van der Waals surface area contributed by atoms with Crippen LogP contribution in [-0.4, -0.2) is 59.4 Å². The minimum absolute atomic E-state index is 0.0235. The molecule has 2 rings (SSSR count). The first-order valence-corrected chi connectivity index (χ1v) is 7.50. The van der Waals surface area contributed by atoms with E-state index in [-0.39, 0.29) is 5.91 Å². The Morgan fingerprint density at radius 2 is 2.00 bits per heavy atom. The van der Waals surface area contributed by atoms with Gasteiger partial charge in [-0.05, 0) is 13.0 Å². The molecular formula is C12H21N3OS. The molecule has 0 unspecified atom stereocenters. The molecule has 2 heterocycles. The average molecular weight is 255 g/mol. The van der Waals surface area contributed by atoms with Gasteiger partial charge >= 0.3 is 0 Å². The van der Waals surface area contributed by atoms with Gasteiger partial charge in [0.1, 0.15) is 0 Å². The lowest BCUT2D eigenvalue weighted by Gasteiger charge is -2.35. The van der Waals surface area contributed by atoms with E-state index in [4.69, 9.17) is 0 Å². The molecule has 0 saturated carbocycles. The lowest BCUT2D eigenvalue weighted by atomic mass is 10.2. The number of thioether (sulfide) groups is 1. The third-order valence-electron chi connectivity index (χ3n) is 3.27. The second-order valence-electron chi connectivity index (χ2n) is 4.61. The number of carbonyl (C=O) groups excluding carboxylic acids is 1. The number of hydrogen-bond acceptors (Lipinski definition) is 4. The fourth-order valence-corrected chi connectivity index (χ4v) is 3.06. The van der Waals surface area contributed by atoms with Crippen molar-refractivity contribution in [3.05, 3.63) is 0 Å². The highest BCUT2D eigenvalue weighted by Crippen LogP contribution is 2.18. The number of piperazine rings is 1. The summed E-state index contributed by atoms with van der Waals surface area (Å²) in [7, 11) is 0. The van der Waals surface area contributed by atoms with Gasteiger partial charge in [0.15, 0.2) is 5.17 Å². The van der Waals surface area contributed by atoms with Crippen molar-refractivity contribution >= 4 is 22.8 Å². The van der Waals surface area contributed by atoms with Gasteiger partial charge < -0.3 is 4.90 Å². The Labute approximate surface area is 107 Å². The summed E-state index contributed by atoms with van der Waals surface area (Å²) in [5.74, 6) is 0.557. The molecule has 0 bridgehead atoms. The van der Waals surface area contributed by atoms with Crippen molar-refractivity contribution in [3.8, 4) is 0 Å². The van der Waals surface area contributed by atoms with Gasteiger partial charge in [-0.25, -0.2) is 0 Å². The van der Waals surface area contributed by atoms with Gasteiger partial charge in [0.2, 0.25) is 0 Å². The van der Waals surface area contributed by atoms with Gasteiger partial charge in [-0.1, -0.05) is 31.5 Å². The molecular weight excluding hydrogens is 234 g/mol. The summed E-state index contributed by atoms with van der Waals surface area (Å²) in [6, 6.07) is 0. The summed E-state index contributed by atoms with van der Waals surface area (Å²) in [6.45, 7) is 7.72. The SMILES string of the molecule is CCCCCN1CCN(C2=NC(=O)CS2)CC1. The molecule has 0 spiro atoms. The van der Waals surface area contributed by atoms with Gasteiger partial charge in [-0.2, -0.15) is 4.99 Å². The Balaban J connectivity index is 1.71. The summed E-state index contributed by atoms with van der Waals surface area (Å²) < 4.78 is 0. The Bertz CT molecular complexity index is 298. The van der Waals surface area contributed by atoms with Crippen molar-refractivity contribution < 1.29 is 4.79 Å². The maximum Gasteiger partial charge on any atom is 0.258 e. The Kier molecular flexibility index (Phi) is 4.86. The zero-order valence-electron chi connectivity index (χ0n) is 10.5. The number of carbonyl (C=O) groups is 1. The Morgan fingerprint density at radius 3 is 2.59 bits per heavy atom. The summed E-state index contributed by atoms with van der Waals surface area (Å²) >= 11 is 1.59. The third kappa shape index (κ3) is 3.71. The van der Waals surface area contributed by atoms with Gasteiger partial charge in [0, 0.05) is 26.2 Å². The van der Waals surface area contributed by atoms with Crippen LogP contribution in [0.15, 0.2) is 4.99 Å². The van der Waals surface area contributed by atoms with Crippen molar-refractivity contribution in [2.45, 2.75) is 26.2 Å². The number of amidine groups is 1. The first-order chi connectivity index (χ1) is 8.29. The van der Waals surface area contributed by atoms with E-state index < -0.39 is 0 Å². The molecule has 2 aliphatic rings. The fourth-order valence-electron chi connectivity index (χ4n) is 2.21. The maximum absolute atomic E-state index is 11.1. The molecule has 0 aromatic heterocycles. The molecule has 0 radical (unpaired) electrons. The van der Waals surface area contributed by atoms with Crippen LogP contribution in [-0.2, 0) is 4.79 Å². The van der Waals surface area contributed by atoms with E-state index in [1.165, 1.54) is 25.8 Å². The van der Waals surface area contributed by atoms with Crippen LogP contribution in [0.25, 0.3) is 0 Å². The molecule has 0 atom stereocenters. The van der Waals surface area contributed by atoms with E-state index in [0.717, 1.165) is 31.3 Å². The van der Waals surface area contributed by atoms with E-state index in [2.05, 4.69) is 21.7 Å². The molecule has 4 nitrogen and oxygen atoms in total. The van der Waals surface area contributed by atoms with Crippen molar-refractivity contribution in [2.75, 3.05) is 38.5 Å². The second kappa shape index (κ2) is 6.40. The first kappa shape index (κ1) is 12.9. The van der Waals surface area contributed by atoms with Crippen LogP contribution in [0, 0.1) is 0 Å². The summed E-state index contributed by atoms with van der Waals surface area (Å²) in [6.07, 6.45) is 3.93. The van der Waals surface area contributed by atoms with Crippen molar-refractivity contribution in [1.82, 2.24) is 9.80 Å². The van der Waals surface area contributed by atoms with Crippen LogP contribution in [0.3, 0.4) is 0 Å². The van der Waals surface area contributed by atoms with E-state index in [0.29, 0.717) is 5.75 Å². The molecule has 5 heteroatoms. The molecule has 0 N–H and O–H groups in total.